The van der Waals surface area contributed by atoms with Gasteiger partial charge in [0, 0.05) is 29.2 Å². The predicted molar refractivity (Wildman–Crippen MR) is 119 cm³/mol. The molecule has 2 aromatic carbocycles. The minimum Gasteiger partial charge on any atom is -0.295 e. The van der Waals surface area contributed by atoms with Gasteiger partial charge in [0.05, 0.1) is 4.90 Å². The summed E-state index contributed by atoms with van der Waals surface area (Å²) in [5, 5.41) is 6.20. The molecule has 1 unspecified atom stereocenters. The van der Waals surface area contributed by atoms with Crippen molar-refractivity contribution in [1.29, 1.82) is 0 Å². The van der Waals surface area contributed by atoms with Gasteiger partial charge in [-0.05, 0) is 43.1 Å². The number of rotatable bonds is 7. The fourth-order valence-electron chi connectivity index (χ4n) is 3.10. The first-order valence-electron chi connectivity index (χ1n) is 9.53. The van der Waals surface area contributed by atoms with E-state index in [4.69, 9.17) is 5.14 Å². The Morgan fingerprint density at radius 3 is 2.14 bits per heavy atom. The molecular weight excluding hydrogens is 402 g/mol. The van der Waals surface area contributed by atoms with E-state index in [9.17, 15) is 8.42 Å². The summed E-state index contributed by atoms with van der Waals surface area (Å²) in [6.45, 7) is 7.24. The van der Waals surface area contributed by atoms with Crippen molar-refractivity contribution in [2.45, 2.75) is 44.2 Å². The van der Waals surface area contributed by atoms with Gasteiger partial charge in [0.2, 0.25) is 10.0 Å². The molecule has 0 fully saturated rings. The van der Waals surface area contributed by atoms with E-state index in [0.717, 1.165) is 22.7 Å². The summed E-state index contributed by atoms with van der Waals surface area (Å²) in [7, 11) is -1.61. The minimum atomic E-state index is -3.67. The zero-order valence-corrected chi connectivity index (χ0v) is 18.8. The first-order chi connectivity index (χ1) is 13.6. The summed E-state index contributed by atoms with van der Waals surface area (Å²) < 4.78 is 22.8. The molecule has 1 aromatic heterocycles. The van der Waals surface area contributed by atoms with Crippen LogP contribution in [-0.4, -0.2) is 25.3 Å². The van der Waals surface area contributed by atoms with E-state index in [1.165, 1.54) is 10.4 Å². The number of hydrogen-bond donors (Lipinski definition) is 1. The van der Waals surface area contributed by atoms with Crippen molar-refractivity contribution in [3.63, 3.8) is 0 Å². The highest BCUT2D eigenvalue weighted by atomic mass is 32.2. The number of nitrogens with two attached hydrogens (primary N) is 1. The van der Waals surface area contributed by atoms with Crippen molar-refractivity contribution in [3.05, 3.63) is 70.7 Å². The number of sulfonamides is 1. The van der Waals surface area contributed by atoms with Gasteiger partial charge < -0.3 is 0 Å². The van der Waals surface area contributed by atoms with E-state index in [1.54, 1.807) is 23.5 Å². The van der Waals surface area contributed by atoms with Gasteiger partial charge in [0.25, 0.3) is 0 Å². The van der Waals surface area contributed by atoms with Crippen LogP contribution < -0.4 is 5.14 Å². The molecule has 0 aliphatic heterocycles. The number of primary sulfonamides is 1. The third-order valence-electron chi connectivity index (χ3n) is 5.14. The predicted octanol–water partition coefficient (Wildman–Crippen LogP) is 4.77. The molecule has 1 heterocycles. The number of benzene rings is 2. The summed E-state index contributed by atoms with van der Waals surface area (Å²) in [4.78, 5) is 8.12. The number of aromatic nitrogens is 1. The molecule has 0 radical (unpaired) electrons. The summed E-state index contributed by atoms with van der Waals surface area (Å²) in [6, 6.07) is 15.5. The molecule has 0 aliphatic carbocycles. The first-order valence-corrected chi connectivity index (χ1v) is 11.9. The standard InChI is InChI=1S/C22H27N3O2S2/c1-15(2)17-5-7-19(8-6-17)22-24-13-20(28-22)14-25(4)16(3)18-9-11-21(12-10-18)29(23,26)27/h5-13,15-16H,14H2,1-4H3,(H2,23,26,27). The van der Waals surface area contributed by atoms with E-state index in [2.05, 4.69) is 62.0 Å². The van der Waals surface area contributed by atoms with Gasteiger partial charge in [-0.15, -0.1) is 11.3 Å². The van der Waals surface area contributed by atoms with Crippen LogP contribution in [0.2, 0.25) is 0 Å². The SMILES string of the molecule is CC(C)c1ccc(-c2ncc(CN(C)C(C)c3ccc(S(N)(=O)=O)cc3)s2)cc1. The maximum absolute atomic E-state index is 11.4. The van der Waals surface area contributed by atoms with E-state index in [-0.39, 0.29) is 10.9 Å². The van der Waals surface area contributed by atoms with Crippen LogP contribution in [0.5, 0.6) is 0 Å². The molecule has 0 saturated carbocycles. The van der Waals surface area contributed by atoms with Crippen molar-refractivity contribution < 1.29 is 8.42 Å². The zero-order valence-electron chi connectivity index (χ0n) is 17.2. The highest BCUT2D eigenvalue weighted by molar-refractivity contribution is 7.89. The molecule has 1 atom stereocenters. The molecule has 0 spiro atoms. The Bertz CT molecular complexity index is 1060. The lowest BCUT2D eigenvalue weighted by Gasteiger charge is -2.24. The van der Waals surface area contributed by atoms with E-state index >= 15 is 0 Å². The Morgan fingerprint density at radius 2 is 1.59 bits per heavy atom. The average Bonchev–Trinajstić information content (AvgIpc) is 3.15. The molecule has 0 amide bonds. The molecule has 29 heavy (non-hydrogen) atoms. The monoisotopic (exact) mass is 429 g/mol. The third kappa shape index (κ3) is 5.30. The molecule has 7 heteroatoms. The molecule has 154 valence electrons. The van der Waals surface area contributed by atoms with Gasteiger partial charge in [-0.25, -0.2) is 18.5 Å². The smallest absolute Gasteiger partial charge is 0.238 e. The molecular formula is C22H27N3O2S2. The normalized spacial score (nSPS) is 13.2. The molecule has 3 aromatic rings. The van der Waals surface area contributed by atoms with Gasteiger partial charge in [-0.3, -0.25) is 4.90 Å². The van der Waals surface area contributed by atoms with Crippen LogP contribution in [0.15, 0.2) is 59.6 Å². The molecule has 5 nitrogen and oxygen atoms in total. The van der Waals surface area contributed by atoms with Crippen LogP contribution >= 0.6 is 11.3 Å². The Hall–Kier alpha value is -2.06. The van der Waals surface area contributed by atoms with Crippen molar-refractivity contribution >= 4 is 21.4 Å². The van der Waals surface area contributed by atoms with Crippen molar-refractivity contribution in [1.82, 2.24) is 9.88 Å². The lowest BCUT2D eigenvalue weighted by molar-refractivity contribution is 0.255. The van der Waals surface area contributed by atoms with E-state index < -0.39 is 10.0 Å². The van der Waals surface area contributed by atoms with Crippen LogP contribution in [-0.2, 0) is 16.6 Å². The maximum atomic E-state index is 11.4. The third-order valence-corrected chi connectivity index (χ3v) is 7.10. The quantitative estimate of drug-likeness (QED) is 0.587. The fourth-order valence-corrected chi connectivity index (χ4v) is 4.59. The first kappa shape index (κ1) is 21.6. The van der Waals surface area contributed by atoms with Gasteiger partial charge in [-0.2, -0.15) is 0 Å². The van der Waals surface area contributed by atoms with Gasteiger partial charge >= 0.3 is 0 Å². The maximum Gasteiger partial charge on any atom is 0.238 e. The largest absolute Gasteiger partial charge is 0.295 e. The summed E-state index contributed by atoms with van der Waals surface area (Å²) in [5.74, 6) is 0.519. The van der Waals surface area contributed by atoms with Crippen LogP contribution in [0.25, 0.3) is 10.6 Å². The molecule has 3 rings (SSSR count). The number of thiazole rings is 1. The zero-order chi connectivity index (χ0) is 21.2. The van der Waals surface area contributed by atoms with Crippen LogP contribution in [0.1, 0.15) is 48.7 Å². The lowest BCUT2D eigenvalue weighted by atomic mass is 10.0. The molecule has 0 saturated heterocycles. The number of hydrogen-bond acceptors (Lipinski definition) is 5. The second-order valence-corrected chi connectivity index (χ2v) is 10.3. The summed E-state index contributed by atoms with van der Waals surface area (Å²) >= 11 is 1.70. The highest BCUT2D eigenvalue weighted by Gasteiger charge is 2.15. The van der Waals surface area contributed by atoms with Crippen molar-refractivity contribution in [3.8, 4) is 10.6 Å². The van der Waals surface area contributed by atoms with Crippen LogP contribution in [0.3, 0.4) is 0 Å². The minimum absolute atomic E-state index is 0.125. The topological polar surface area (TPSA) is 76.3 Å². The van der Waals surface area contributed by atoms with Gasteiger partial charge in [-0.1, -0.05) is 50.2 Å². The van der Waals surface area contributed by atoms with E-state index in [0.29, 0.717) is 5.92 Å². The van der Waals surface area contributed by atoms with E-state index in [1.807, 2.05) is 18.3 Å². The Labute approximate surface area is 177 Å². The summed E-state index contributed by atoms with van der Waals surface area (Å²) in [6.07, 6.45) is 1.93. The van der Waals surface area contributed by atoms with Gasteiger partial charge in [0.15, 0.2) is 0 Å². The Morgan fingerprint density at radius 1 is 1.00 bits per heavy atom. The van der Waals surface area contributed by atoms with Gasteiger partial charge in [0.1, 0.15) is 5.01 Å². The molecule has 0 aliphatic rings. The van der Waals surface area contributed by atoms with Crippen molar-refractivity contribution in [2.24, 2.45) is 5.14 Å². The highest BCUT2D eigenvalue weighted by Crippen LogP contribution is 2.29. The lowest BCUT2D eigenvalue weighted by Crippen LogP contribution is -2.21. The molecule has 0 bridgehead atoms. The molecule has 2 N–H and O–H groups in total. The second-order valence-electron chi connectivity index (χ2n) is 7.61. The summed E-state index contributed by atoms with van der Waals surface area (Å²) in [5.41, 5.74) is 3.50. The second kappa shape index (κ2) is 8.75. The average molecular weight is 430 g/mol. The van der Waals surface area contributed by atoms with Crippen LogP contribution in [0, 0.1) is 0 Å². The Kier molecular flexibility index (Phi) is 6.53. The Balaban J connectivity index is 1.68. The number of nitrogens with zero attached hydrogens (tertiary/aromatic N) is 2. The van der Waals surface area contributed by atoms with Crippen molar-refractivity contribution in [2.75, 3.05) is 7.05 Å². The van der Waals surface area contributed by atoms with Crippen LogP contribution in [0.4, 0.5) is 0 Å². The fraction of sp³-hybridized carbons (Fsp3) is 0.318.